The summed E-state index contributed by atoms with van der Waals surface area (Å²) >= 11 is 1.35. The molecule has 0 fully saturated rings. The van der Waals surface area contributed by atoms with Crippen LogP contribution < -0.4 is 5.11 Å². The SMILES string of the molecule is O=C([O-])C=CSc1ccccc1. The first kappa shape index (κ1) is 8.87. The molecule has 0 aliphatic carbocycles. The monoisotopic (exact) mass is 179 g/mol. The highest BCUT2D eigenvalue weighted by Crippen LogP contribution is 2.17. The Hall–Kier alpha value is -1.22. The smallest absolute Gasteiger partial charge is 0.0648 e. The zero-order valence-corrected chi connectivity index (χ0v) is 7.08. The molecule has 0 N–H and O–H groups in total. The van der Waals surface area contributed by atoms with Crippen LogP contribution >= 0.6 is 11.8 Å². The summed E-state index contributed by atoms with van der Waals surface area (Å²) in [6, 6.07) is 9.52. The summed E-state index contributed by atoms with van der Waals surface area (Å²) in [7, 11) is 0. The number of carbonyl (C=O) groups is 1. The molecule has 62 valence electrons. The van der Waals surface area contributed by atoms with E-state index in [1.165, 1.54) is 17.2 Å². The van der Waals surface area contributed by atoms with Crippen LogP contribution in [0, 0.1) is 0 Å². The van der Waals surface area contributed by atoms with Crippen molar-refractivity contribution in [1.82, 2.24) is 0 Å². The summed E-state index contributed by atoms with van der Waals surface area (Å²) < 4.78 is 0. The van der Waals surface area contributed by atoms with Crippen LogP contribution in [0.2, 0.25) is 0 Å². The van der Waals surface area contributed by atoms with Crippen molar-refractivity contribution in [2.45, 2.75) is 4.90 Å². The lowest BCUT2D eigenvalue weighted by Crippen LogP contribution is -2.18. The maximum absolute atomic E-state index is 9.98. The lowest BCUT2D eigenvalue weighted by Gasteiger charge is -1.93. The van der Waals surface area contributed by atoms with Crippen molar-refractivity contribution in [2.75, 3.05) is 0 Å². The van der Waals surface area contributed by atoms with E-state index in [9.17, 15) is 9.90 Å². The number of rotatable bonds is 3. The second-order valence-electron chi connectivity index (χ2n) is 2.05. The average Bonchev–Trinajstić information content (AvgIpc) is 2.05. The lowest BCUT2D eigenvalue weighted by atomic mass is 10.4. The maximum Gasteiger partial charge on any atom is 0.0648 e. The number of carbonyl (C=O) groups excluding carboxylic acids is 1. The van der Waals surface area contributed by atoms with Crippen molar-refractivity contribution in [2.24, 2.45) is 0 Å². The van der Waals surface area contributed by atoms with Gasteiger partial charge in [-0.2, -0.15) is 0 Å². The Bertz CT molecular complexity index is 280. The van der Waals surface area contributed by atoms with Crippen molar-refractivity contribution < 1.29 is 9.90 Å². The van der Waals surface area contributed by atoms with Crippen molar-refractivity contribution in [3.63, 3.8) is 0 Å². The third kappa shape index (κ3) is 3.25. The molecule has 0 aliphatic heterocycles. The molecule has 1 aromatic carbocycles. The van der Waals surface area contributed by atoms with Gasteiger partial charge in [0, 0.05) is 4.90 Å². The molecule has 0 atom stereocenters. The molecule has 1 aromatic rings. The number of carboxylic acid groups (broad SMARTS) is 1. The van der Waals surface area contributed by atoms with E-state index < -0.39 is 5.97 Å². The first-order valence-corrected chi connectivity index (χ1v) is 4.26. The molecule has 0 bridgehead atoms. The zero-order chi connectivity index (χ0) is 8.81. The summed E-state index contributed by atoms with van der Waals surface area (Å²) in [6.07, 6.45) is 1.01. The molecule has 0 saturated heterocycles. The second kappa shape index (κ2) is 4.62. The van der Waals surface area contributed by atoms with E-state index in [1.807, 2.05) is 30.3 Å². The Kier molecular flexibility index (Phi) is 3.41. The fourth-order valence-corrected chi connectivity index (χ4v) is 1.32. The number of thioether (sulfide) groups is 1. The van der Waals surface area contributed by atoms with Gasteiger partial charge in [-0.3, -0.25) is 0 Å². The van der Waals surface area contributed by atoms with Crippen molar-refractivity contribution in [3.05, 3.63) is 41.8 Å². The van der Waals surface area contributed by atoms with Gasteiger partial charge in [-0.05, 0) is 23.6 Å². The van der Waals surface area contributed by atoms with E-state index in [0.717, 1.165) is 11.0 Å². The van der Waals surface area contributed by atoms with Gasteiger partial charge >= 0.3 is 0 Å². The molecule has 0 spiro atoms. The van der Waals surface area contributed by atoms with Gasteiger partial charge in [-0.1, -0.05) is 30.0 Å². The predicted molar refractivity (Wildman–Crippen MR) is 46.4 cm³/mol. The molecule has 3 heteroatoms. The highest BCUT2D eigenvalue weighted by atomic mass is 32.2. The Morgan fingerprint density at radius 1 is 1.33 bits per heavy atom. The number of aliphatic carboxylic acids is 1. The van der Waals surface area contributed by atoms with Gasteiger partial charge in [0.2, 0.25) is 0 Å². The largest absolute Gasteiger partial charge is 0.545 e. The molecular formula is C9H7O2S-. The van der Waals surface area contributed by atoms with Crippen LogP contribution in [0.3, 0.4) is 0 Å². The van der Waals surface area contributed by atoms with Crippen LogP contribution in [-0.4, -0.2) is 5.97 Å². The van der Waals surface area contributed by atoms with Crippen LogP contribution in [0.25, 0.3) is 0 Å². The third-order valence-corrected chi connectivity index (χ3v) is 1.97. The Morgan fingerprint density at radius 2 is 2.00 bits per heavy atom. The van der Waals surface area contributed by atoms with E-state index >= 15 is 0 Å². The van der Waals surface area contributed by atoms with E-state index in [4.69, 9.17) is 0 Å². The Morgan fingerprint density at radius 3 is 2.58 bits per heavy atom. The minimum atomic E-state index is -1.17. The van der Waals surface area contributed by atoms with Gasteiger partial charge in [0.15, 0.2) is 0 Å². The van der Waals surface area contributed by atoms with Gasteiger partial charge < -0.3 is 9.90 Å². The highest BCUT2D eigenvalue weighted by molar-refractivity contribution is 8.02. The third-order valence-electron chi connectivity index (χ3n) is 1.15. The molecule has 0 amide bonds. The van der Waals surface area contributed by atoms with Crippen LogP contribution in [0.15, 0.2) is 46.7 Å². The van der Waals surface area contributed by atoms with Gasteiger partial charge in [-0.25, -0.2) is 0 Å². The van der Waals surface area contributed by atoms with Crippen LogP contribution in [0.1, 0.15) is 0 Å². The summed E-state index contributed by atoms with van der Waals surface area (Å²) in [5.41, 5.74) is 0. The van der Waals surface area contributed by atoms with E-state index in [0.29, 0.717) is 0 Å². The lowest BCUT2D eigenvalue weighted by molar-refractivity contribution is -0.297. The second-order valence-corrected chi connectivity index (χ2v) is 3.03. The topological polar surface area (TPSA) is 40.1 Å². The summed E-state index contributed by atoms with van der Waals surface area (Å²) in [6.45, 7) is 0. The Balaban J connectivity index is 2.49. The molecule has 0 unspecified atom stereocenters. The first-order valence-electron chi connectivity index (χ1n) is 3.38. The van der Waals surface area contributed by atoms with Gasteiger partial charge in [0.25, 0.3) is 0 Å². The Labute approximate surface area is 74.9 Å². The van der Waals surface area contributed by atoms with E-state index in [-0.39, 0.29) is 0 Å². The molecule has 0 aliphatic rings. The van der Waals surface area contributed by atoms with Gasteiger partial charge in [-0.15, -0.1) is 0 Å². The fraction of sp³-hybridized carbons (Fsp3) is 0. The molecular weight excluding hydrogens is 172 g/mol. The van der Waals surface area contributed by atoms with Crippen molar-refractivity contribution in [3.8, 4) is 0 Å². The standard InChI is InChI=1S/C9H8O2S/c10-9(11)6-7-12-8-4-2-1-3-5-8/h1-7H,(H,10,11)/p-1. The minimum absolute atomic E-state index is 1.01. The van der Waals surface area contributed by atoms with Crippen molar-refractivity contribution in [1.29, 1.82) is 0 Å². The highest BCUT2D eigenvalue weighted by Gasteiger charge is 1.85. The van der Waals surface area contributed by atoms with E-state index in [2.05, 4.69) is 0 Å². The quantitative estimate of drug-likeness (QED) is 0.514. The molecule has 0 heterocycles. The summed E-state index contributed by atoms with van der Waals surface area (Å²) in [5, 5.41) is 11.5. The molecule has 12 heavy (non-hydrogen) atoms. The first-order chi connectivity index (χ1) is 5.79. The molecule has 0 aromatic heterocycles. The molecule has 2 nitrogen and oxygen atoms in total. The number of hydrogen-bond acceptors (Lipinski definition) is 3. The summed E-state index contributed by atoms with van der Waals surface area (Å²) in [4.78, 5) is 11.0. The molecule has 1 rings (SSSR count). The summed E-state index contributed by atoms with van der Waals surface area (Å²) in [5.74, 6) is -1.17. The number of benzene rings is 1. The van der Waals surface area contributed by atoms with Crippen molar-refractivity contribution >= 4 is 17.7 Å². The zero-order valence-electron chi connectivity index (χ0n) is 6.27. The fourth-order valence-electron chi connectivity index (χ4n) is 0.667. The number of carboxylic acids is 1. The van der Waals surface area contributed by atoms with Crippen LogP contribution in [0.5, 0.6) is 0 Å². The molecule has 0 radical (unpaired) electrons. The minimum Gasteiger partial charge on any atom is -0.545 e. The van der Waals surface area contributed by atoms with Crippen LogP contribution in [-0.2, 0) is 4.79 Å². The molecule has 0 saturated carbocycles. The van der Waals surface area contributed by atoms with Gasteiger partial charge in [0.1, 0.15) is 0 Å². The number of hydrogen-bond donors (Lipinski definition) is 0. The predicted octanol–water partition coefficient (Wildman–Crippen LogP) is 1.04. The maximum atomic E-state index is 9.98. The van der Waals surface area contributed by atoms with Crippen LogP contribution in [0.4, 0.5) is 0 Å². The average molecular weight is 179 g/mol. The van der Waals surface area contributed by atoms with E-state index in [1.54, 1.807) is 0 Å². The van der Waals surface area contributed by atoms with Gasteiger partial charge in [0.05, 0.1) is 5.97 Å². The normalized spacial score (nSPS) is 10.3.